The molecule has 0 amide bonds. The Balaban J connectivity index is 5.49. The normalized spacial score (nSPS) is 13.4. The van der Waals surface area contributed by atoms with Crippen molar-refractivity contribution in [3.8, 4) is 0 Å². The molecule has 14 heavy (non-hydrogen) atoms. The first-order valence-electron chi connectivity index (χ1n) is 4.61. The summed E-state index contributed by atoms with van der Waals surface area (Å²) < 4.78 is 0. The standard InChI is InChI=1S/C13H19N/c1-6-7-12(10(2)3)13(8-9-14)11(4)5/h6-9H,2,4,14H2,1,3,5H3/b7-6-,9-8+,13-12-. The number of nitrogens with two attached hydrogens (primary N) is 1. The summed E-state index contributed by atoms with van der Waals surface area (Å²) >= 11 is 0. The molecule has 0 heterocycles. The van der Waals surface area contributed by atoms with E-state index in [4.69, 9.17) is 5.73 Å². The van der Waals surface area contributed by atoms with Gasteiger partial charge in [-0.25, -0.2) is 0 Å². The Morgan fingerprint density at radius 1 is 1.00 bits per heavy atom. The molecule has 0 unspecified atom stereocenters. The van der Waals surface area contributed by atoms with E-state index in [1.165, 1.54) is 6.20 Å². The van der Waals surface area contributed by atoms with Gasteiger partial charge >= 0.3 is 0 Å². The minimum atomic E-state index is 0.989. The van der Waals surface area contributed by atoms with Crippen LogP contribution in [0.3, 0.4) is 0 Å². The minimum absolute atomic E-state index is 0.989. The van der Waals surface area contributed by atoms with Gasteiger partial charge in [0.2, 0.25) is 0 Å². The van der Waals surface area contributed by atoms with Crippen LogP contribution in [0.5, 0.6) is 0 Å². The molecule has 0 aromatic rings. The Labute approximate surface area is 87.0 Å². The molecule has 1 heteroatoms. The fourth-order valence-corrected chi connectivity index (χ4v) is 1.19. The van der Waals surface area contributed by atoms with Crippen molar-refractivity contribution in [3.63, 3.8) is 0 Å². The van der Waals surface area contributed by atoms with Gasteiger partial charge in [0.05, 0.1) is 0 Å². The summed E-state index contributed by atoms with van der Waals surface area (Å²) in [5.74, 6) is 0. The van der Waals surface area contributed by atoms with Gasteiger partial charge in [-0.2, -0.15) is 0 Å². The summed E-state index contributed by atoms with van der Waals surface area (Å²) in [6.07, 6.45) is 7.38. The van der Waals surface area contributed by atoms with Crippen LogP contribution < -0.4 is 5.73 Å². The highest BCUT2D eigenvalue weighted by molar-refractivity contribution is 5.52. The predicted octanol–water partition coefficient (Wildman–Crippen LogP) is 3.48. The molecule has 0 aromatic heterocycles. The Morgan fingerprint density at radius 2 is 1.43 bits per heavy atom. The van der Waals surface area contributed by atoms with Crippen LogP contribution in [0.15, 0.2) is 59.9 Å². The molecule has 0 rings (SSSR count). The Morgan fingerprint density at radius 3 is 1.71 bits per heavy atom. The maximum absolute atomic E-state index is 5.39. The first kappa shape index (κ1) is 12.5. The summed E-state index contributed by atoms with van der Waals surface area (Å²) in [4.78, 5) is 0. The van der Waals surface area contributed by atoms with Crippen molar-refractivity contribution < 1.29 is 0 Å². The lowest BCUT2D eigenvalue weighted by Crippen LogP contribution is -1.91. The van der Waals surface area contributed by atoms with E-state index in [2.05, 4.69) is 13.2 Å². The molecule has 0 spiro atoms. The van der Waals surface area contributed by atoms with Crippen molar-refractivity contribution in [2.45, 2.75) is 20.8 Å². The van der Waals surface area contributed by atoms with Gasteiger partial charge in [0.1, 0.15) is 0 Å². The molecule has 0 saturated heterocycles. The van der Waals surface area contributed by atoms with Crippen molar-refractivity contribution in [1.29, 1.82) is 0 Å². The van der Waals surface area contributed by atoms with E-state index in [0.29, 0.717) is 0 Å². The van der Waals surface area contributed by atoms with E-state index >= 15 is 0 Å². The van der Waals surface area contributed by atoms with Crippen LogP contribution in [0.2, 0.25) is 0 Å². The van der Waals surface area contributed by atoms with Gasteiger partial charge in [0.15, 0.2) is 0 Å². The molecular formula is C13H19N. The molecular weight excluding hydrogens is 170 g/mol. The third-order valence-electron chi connectivity index (χ3n) is 1.81. The van der Waals surface area contributed by atoms with Crippen LogP contribution in [-0.4, -0.2) is 0 Å². The topological polar surface area (TPSA) is 26.0 Å². The van der Waals surface area contributed by atoms with Gasteiger partial charge in [-0.3, -0.25) is 0 Å². The summed E-state index contributed by atoms with van der Waals surface area (Å²) in [5, 5.41) is 0. The van der Waals surface area contributed by atoms with E-state index in [-0.39, 0.29) is 0 Å². The number of hydrogen-bond donors (Lipinski definition) is 1. The second kappa shape index (κ2) is 6.03. The van der Waals surface area contributed by atoms with E-state index in [0.717, 1.165) is 22.3 Å². The lowest BCUT2D eigenvalue weighted by molar-refractivity contribution is 1.33. The highest BCUT2D eigenvalue weighted by Gasteiger charge is 2.02. The SMILES string of the molecule is C=C(C)C(/C=C\C)=C(/C=C/N)C(=C)C. The summed E-state index contributed by atoms with van der Waals surface area (Å²) in [5.41, 5.74) is 9.52. The lowest BCUT2D eigenvalue weighted by Gasteiger charge is -2.08. The van der Waals surface area contributed by atoms with Gasteiger partial charge in [-0.05, 0) is 44.2 Å². The second-order valence-corrected chi connectivity index (χ2v) is 3.25. The fraction of sp³-hybridized carbons (Fsp3) is 0.231. The molecule has 0 aromatic carbocycles. The second-order valence-electron chi connectivity index (χ2n) is 3.25. The third kappa shape index (κ3) is 3.48. The molecule has 2 N–H and O–H groups in total. The smallest absolute Gasteiger partial charge is 0.00560 e. The Hall–Kier alpha value is -1.50. The Kier molecular flexibility index (Phi) is 5.38. The monoisotopic (exact) mass is 189 g/mol. The van der Waals surface area contributed by atoms with Crippen LogP contribution in [0.4, 0.5) is 0 Å². The molecule has 0 aliphatic carbocycles. The summed E-state index contributed by atoms with van der Waals surface area (Å²) in [6, 6.07) is 0. The first-order valence-corrected chi connectivity index (χ1v) is 4.61. The zero-order valence-corrected chi connectivity index (χ0v) is 9.30. The van der Waals surface area contributed by atoms with Crippen molar-refractivity contribution in [2.24, 2.45) is 5.73 Å². The molecule has 0 bridgehead atoms. The predicted molar refractivity (Wildman–Crippen MR) is 64.8 cm³/mol. The molecule has 1 nitrogen and oxygen atoms in total. The quantitative estimate of drug-likeness (QED) is 0.673. The number of rotatable bonds is 4. The maximum Gasteiger partial charge on any atom is -0.00560 e. The minimum Gasteiger partial charge on any atom is -0.405 e. The zero-order chi connectivity index (χ0) is 11.1. The highest BCUT2D eigenvalue weighted by Crippen LogP contribution is 2.21. The molecule has 0 fully saturated rings. The fourth-order valence-electron chi connectivity index (χ4n) is 1.19. The number of allylic oxidation sites excluding steroid dienone is 7. The van der Waals surface area contributed by atoms with Crippen LogP contribution in [-0.2, 0) is 0 Å². The van der Waals surface area contributed by atoms with Crippen molar-refractivity contribution in [3.05, 3.63) is 59.9 Å². The number of hydrogen-bond acceptors (Lipinski definition) is 1. The molecule has 0 atom stereocenters. The molecule has 0 aliphatic heterocycles. The van der Waals surface area contributed by atoms with Gasteiger partial charge in [0, 0.05) is 0 Å². The maximum atomic E-state index is 5.39. The van der Waals surface area contributed by atoms with E-state index < -0.39 is 0 Å². The van der Waals surface area contributed by atoms with Crippen LogP contribution in [0, 0.1) is 0 Å². The molecule has 76 valence electrons. The first-order chi connectivity index (χ1) is 6.54. The lowest BCUT2D eigenvalue weighted by atomic mass is 9.97. The van der Waals surface area contributed by atoms with Gasteiger partial charge in [-0.1, -0.05) is 36.5 Å². The van der Waals surface area contributed by atoms with E-state index in [1.807, 2.05) is 39.0 Å². The molecule has 0 aliphatic rings. The zero-order valence-electron chi connectivity index (χ0n) is 9.30. The van der Waals surface area contributed by atoms with Gasteiger partial charge in [-0.15, -0.1) is 0 Å². The van der Waals surface area contributed by atoms with Crippen LogP contribution >= 0.6 is 0 Å². The molecule has 0 saturated carbocycles. The molecule has 0 radical (unpaired) electrons. The van der Waals surface area contributed by atoms with Crippen LogP contribution in [0.1, 0.15) is 20.8 Å². The van der Waals surface area contributed by atoms with Crippen LogP contribution in [0.25, 0.3) is 0 Å². The van der Waals surface area contributed by atoms with Crippen molar-refractivity contribution in [1.82, 2.24) is 0 Å². The highest BCUT2D eigenvalue weighted by atomic mass is 14.5. The summed E-state index contributed by atoms with van der Waals surface area (Å²) in [7, 11) is 0. The van der Waals surface area contributed by atoms with Crippen molar-refractivity contribution in [2.75, 3.05) is 0 Å². The van der Waals surface area contributed by atoms with Crippen molar-refractivity contribution >= 4 is 0 Å². The van der Waals surface area contributed by atoms with E-state index in [9.17, 15) is 0 Å². The van der Waals surface area contributed by atoms with E-state index in [1.54, 1.807) is 0 Å². The van der Waals surface area contributed by atoms with Gasteiger partial charge in [0.25, 0.3) is 0 Å². The average Bonchev–Trinajstić information content (AvgIpc) is 2.10. The third-order valence-corrected chi connectivity index (χ3v) is 1.81. The summed E-state index contributed by atoms with van der Waals surface area (Å²) in [6.45, 7) is 13.8. The van der Waals surface area contributed by atoms with Gasteiger partial charge < -0.3 is 5.73 Å². The average molecular weight is 189 g/mol. The Bertz CT molecular complexity index is 282. The largest absolute Gasteiger partial charge is 0.405 e.